The average molecular weight is 285 g/mol. The minimum Gasteiger partial charge on any atom is -0.503 e. The lowest BCUT2D eigenvalue weighted by Gasteiger charge is -2.11. The van der Waals surface area contributed by atoms with E-state index in [1.807, 2.05) is 10.6 Å². The number of aromatic nitrogens is 1. The maximum absolute atomic E-state index is 11.3. The van der Waals surface area contributed by atoms with Gasteiger partial charge in [0.2, 0.25) is 5.43 Å². The van der Waals surface area contributed by atoms with Crippen LogP contribution in [0.1, 0.15) is 11.3 Å². The third kappa shape index (κ3) is 2.23. The van der Waals surface area contributed by atoms with Crippen molar-refractivity contribution in [3.8, 4) is 5.75 Å². The van der Waals surface area contributed by atoms with E-state index < -0.39 is 0 Å². The molecule has 3 nitrogen and oxygen atoms in total. The molecule has 2 heterocycles. The Labute approximate surface area is 120 Å². The first-order chi connectivity index (χ1) is 9.66. The van der Waals surface area contributed by atoms with Crippen molar-refractivity contribution in [1.29, 1.82) is 0 Å². The van der Waals surface area contributed by atoms with Gasteiger partial charge in [0.05, 0.1) is 5.69 Å². The number of rotatable bonds is 3. The highest BCUT2D eigenvalue weighted by molar-refractivity contribution is 7.17. The Bertz CT molecular complexity index is 817. The second-order valence-corrected chi connectivity index (χ2v) is 5.73. The molecule has 0 unspecified atom stereocenters. The summed E-state index contributed by atoms with van der Waals surface area (Å²) < 4.78 is 3.21. The minimum atomic E-state index is -0.320. The van der Waals surface area contributed by atoms with Gasteiger partial charge in [-0.1, -0.05) is 18.2 Å². The van der Waals surface area contributed by atoms with Crippen molar-refractivity contribution >= 4 is 21.4 Å². The number of pyridine rings is 1. The third-order valence-corrected chi connectivity index (χ3v) is 4.61. The monoisotopic (exact) mass is 285 g/mol. The van der Waals surface area contributed by atoms with Crippen LogP contribution in [-0.2, 0) is 13.0 Å². The molecular formula is C16H15NO2S. The van der Waals surface area contributed by atoms with Gasteiger partial charge in [0.15, 0.2) is 5.75 Å². The minimum absolute atomic E-state index is 0.150. The van der Waals surface area contributed by atoms with E-state index >= 15 is 0 Å². The normalized spacial score (nSPS) is 11.1. The average Bonchev–Trinajstić information content (AvgIpc) is 2.87. The molecule has 3 rings (SSSR count). The van der Waals surface area contributed by atoms with Crippen molar-refractivity contribution in [2.45, 2.75) is 19.9 Å². The molecule has 0 atom stereocenters. The number of benzene rings is 1. The zero-order valence-corrected chi connectivity index (χ0v) is 12.0. The van der Waals surface area contributed by atoms with Gasteiger partial charge in [-0.15, -0.1) is 11.3 Å². The van der Waals surface area contributed by atoms with Gasteiger partial charge in [0.25, 0.3) is 0 Å². The summed E-state index contributed by atoms with van der Waals surface area (Å²) in [5, 5.41) is 13.2. The second kappa shape index (κ2) is 5.13. The Morgan fingerprint density at radius 1 is 1.25 bits per heavy atom. The number of nitrogens with zero attached hydrogens (tertiary/aromatic N) is 1. The zero-order valence-electron chi connectivity index (χ0n) is 11.2. The van der Waals surface area contributed by atoms with Crippen LogP contribution < -0.4 is 5.43 Å². The lowest BCUT2D eigenvalue weighted by molar-refractivity contribution is 0.453. The van der Waals surface area contributed by atoms with Gasteiger partial charge in [-0.05, 0) is 35.7 Å². The van der Waals surface area contributed by atoms with Crippen molar-refractivity contribution < 1.29 is 5.11 Å². The van der Waals surface area contributed by atoms with Gasteiger partial charge >= 0.3 is 0 Å². The van der Waals surface area contributed by atoms with Crippen molar-refractivity contribution in [3.63, 3.8) is 0 Å². The quantitative estimate of drug-likeness (QED) is 0.802. The van der Waals surface area contributed by atoms with E-state index in [-0.39, 0.29) is 11.2 Å². The van der Waals surface area contributed by atoms with E-state index in [2.05, 4.69) is 23.6 Å². The van der Waals surface area contributed by atoms with Crippen LogP contribution in [0.3, 0.4) is 0 Å². The summed E-state index contributed by atoms with van der Waals surface area (Å²) in [5.41, 5.74) is 1.61. The van der Waals surface area contributed by atoms with Gasteiger partial charge in [-0.2, -0.15) is 0 Å². The number of aryl methyl sites for hydroxylation is 2. The predicted molar refractivity (Wildman–Crippen MR) is 82.6 cm³/mol. The predicted octanol–water partition coefficient (Wildman–Crippen LogP) is 3.32. The van der Waals surface area contributed by atoms with Crippen LogP contribution in [0, 0.1) is 6.92 Å². The standard InChI is InChI=1S/C16H15NO2S/c1-11-16(19)14(18)7-9-17(11)8-6-12-10-20-15-5-3-2-4-13(12)15/h2-5,7,9-10,19H,6,8H2,1H3. The highest BCUT2D eigenvalue weighted by Crippen LogP contribution is 2.26. The third-order valence-electron chi connectivity index (χ3n) is 3.60. The van der Waals surface area contributed by atoms with Gasteiger partial charge in [-0.3, -0.25) is 4.79 Å². The summed E-state index contributed by atoms with van der Waals surface area (Å²) in [7, 11) is 0. The molecule has 3 aromatic rings. The summed E-state index contributed by atoms with van der Waals surface area (Å²) in [4.78, 5) is 11.3. The van der Waals surface area contributed by atoms with E-state index in [0.717, 1.165) is 13.0 Å². The number of thiophene rings is 1. The summed E-state index contributed by atoms with van der Waals surface area (Å²) in [6.07, 6.45) is 2.62. The van der Waals surface area contributed by atoms with Crippen molar-refractivity contribution in [3.05, 3.63) is 63.4 Å². The number of hydrogen-bond donors (Lipinski definition) is 1. The van der Waals surface area contributed by atoms with E-state index in [1.165, 1.54) is 21.7 Å². The van der Waals surface area contributed by atoms with Gasteiger partial charge in [-0.25, -0.2) is 0 Å². The van der Waals surface area contributed by atoms with Gasteiger partial charge in [0.1, 0.15) is 0 Å². The molecule has 102 valence electrons. The molecule has 0 bridgehead atoms. The summed E-state index contributed by atoms with van der Waals surface area (Å²) >= 11 is 1.75. The summed E-state index contributed by atoms with van der Waals surface area (Å²) in [6.45, 7) is 2.52. The summed E-state index contributed by atoms with van der Waals surface area (Å²) in [6, 6.07) is 9.77. The molecular weight excluding hydrogens is 270 g/mol. The van der Waals surface area contributed by atoms with E-state index in [0.29, 0.717) is 5.69 Å². The lowest BCUT2D eigenvalue weighted by Crippen LogP contribution is -2.11. The molecule has 2 aromatic heterocycles. The first-order valence-electron chi connectivity index (χ1n) is 6.51. The summed E-state index contributed by atoms with van der Waals surface area (Å²) in [5.74, 6) is -0.150. The van der Waals surface area contributed by atoms with Crippen LogP contribution in [-0.4, -0.2) is 9.67 Å². The number of hydrogen-bond acceptors (Lipinski definition) is 3. The first-order valence-corrected chi connectivity index (χ1v) is 7.39. The molecule has 0 saturated carbocycles. The molecule has 0 aliphatic heterocycles. The topological polar surface area (TPSA) is 42.2 Å². The Morgan fingerprint density at radius 2 is 2.05 bits per heavy atom. The van der Waals surface area contributed by atoms with Crippen molar-refractivity contribution in [2.24, 2.45) is 0 Å². The number of fused-ring (bicyclic) bond motifs is 1. The largest absolute Gasteiger partial charge is 0.503 e. The lowest BCUT2D eigenvalue weighted by atomic mass is 10.1. The molecule has 0 spiro atoms. The van der Waals surface area contributed by atoms with Gasteiger partial charge in [0, 0.05) is 23.5 Å². The van der Waals surface area contributed by atoms with E-state index in [9.17, 15) is 9.90 Å². The van der Waals surface area contributed by atoms with Crippen LogP contribution >= 0.6 is 11.3 Å². The SMILES string of the molecule is Cc1c(O)c(=O)ccn1CCc1csc2ccccc12. The molecule has 1 N–H and O–H groups in total. The Kier molecular flexibility index (Phi) is 3.32. The van der Waals surface area contributed by atoms with Crippen LogP contribution in [0.2, 0.25) is 0 Å². The molecule has 0 radical (unpaired) electrons. The fourth-order valence-corrected chi connectivity index (χ4v) is 3.37. The molecule has 1 aromatic carbocycles. The fraction of sp³-hybridized carbons (Fsp3) is 0.188. The van der Waals surface area contributed by atoms with Crippen molar-refractivity contribution in [1.82, 2.24) is 4.57 Å². The fourth-order valence-electron chi connectivity index (χ4n) is 2.37. The Balaban J connectivity index is 1.87. The smallest absolute Gasteiger partial charge is 0.223 e. The highest BCUT2D eigenvalue weighted by Gasteiger charge is 2.07. The van der Waals surface area contributed by atoms with E-state index in [4.69, 9.17) is 0 Å². The maximum atomic E-state index is 11.3. The molecule has 0 aliphatic rings. The van der Waals surface area contributed by atoms with Crippen LogP contribution in [0.5, 0.6) is 5.75 Å². The van der Waals surface area contributed by atoms with Crippen LogP contribution in [0.25, 0.3) is 10.1 Å². The highest BCUT2D eigenvalue weighted by atomic mass is 32.1. The van der Waals surface area contributed by atoms with Crippen LogP contribution in [0.15, 0.2) is 46.7 Å². The Morgan fingerprint density at radius 3 is 2.90 bits per heavy atom. The van der Waals surface area contributed by atoms with Gasteiger partial charge < -0.3 is 9.67 Å². The molecule has 0 aliphatic carbocycles. The molecule has 20 heavy (non-hydrogen) atoms. The zero-order chi connectivity index (χ0) is 14.1. The Hall–Kier alpha value is -2.07. The van der Waals surface area contributed by atoms with Crippen LogP contribution in [0.4, 0.5) is 0 Å². The number of aromatic hydroxyl groups is 1. The maximum Gasteiger partial charge on any atom is 0.223 e. The molecule has 0 amide bonds. The molecule has 0 fully saturated rings. The van der Waals surface area contributed by atoms with Crippen molar-refractivity contribution in [2.75, 3.05) is 0 Å². The molecule has 0 saturated heterocycles. The second-order valence-electron chi connectivity index (χ2n) is 4.81. The first kappa shape index (κ1) is 12.9. The van der Waals surface area contributed by atoms with E-state index in [1.54, 1.807) is 24.5 Å². The molecule has 4 heteroatoms.